The maximum Gasteiger partial charge on any atom is 0.338 e. The highest BCUT2D eigenvalue weighted by Crippen LogP contribution is 2.07. The zero-order chi connectivity index (χ0) is 11.8. The summed E-state index contributed by atoms with van der Waals surface area (Å²) in [5.41, 5.74) is 0.345. The van der Waals surface area contributed by atoms with E-state index in [0.717, 1.165) is 19.1 Å². The average molecular weight is 212 g/mol. The molecule has 84 valence electrons. The zero-order valence-electron chi connectivity index (χ0n) is 9.08. The van der Waals surface area contributed by atoms with E-state index in [1.54, 1.807) is 0 Å². The molecule has 0 bridgehead atoms. The number of aliphatic carboxylic acids is 1. The lowest BCUT2D eigenvalue weighted by atomic mass is 10.1. The van der Waals surface area contributed by atoms with Gasteiger partial charge in [0, 0.05) is 5.57 Å². The highest BCUT2D eigenvalue weighted by atomic mass is 16.5. The van der Waals surface area contributed by atoms with Gasteiger partial charge in [0.25, 0.3) is 0 Å². The van der Waals surface area contributed by atoms with Gasteiger partial charge in [0.2, 0.25) is 0 Å². The lowest BCUT2D eigenvalue weighted by molar-refractivity contribution is -0.134. The molecule has 0 unspecified atom stereocenters. The van der Waals surface area contributed by atoms with E-state index < -0.39 is 11.9 Å². The summed E-state index contributed by atoms with van der Waals surface area (Å²) in [6, 6.07) is 0. The molecular weight excluding hydrogens is 196 g/mol. The van der Waals surface area contributed by atoms with Crippen molar-refractivity contribution in [1.82, 2.24) is 0 Å². The second-order valence-electron chi connectivity index (χ2n) is 3.22. The van der Waals surface area contributed by atoms with Gasteiger partial charge in [0.1, 0.15) is 6.26 Å². The van der Waals surface area contributed by atoms with Crippen molar-refractivity contribution in [2.75, 3.05) is 0 Å². The number of hydrogen-bond donors (Lipinski definition) is 1. The molecule has 0 atom stereocenters. The van der Waals surface area contributed by atoms with Gasteiger partial charge in [0.15, 0.2) is 0 Å². The maximum absolute atomic E-state index is 11.2. The predicted octanol–water partition coefficient (Wildman–Crippen LogP) is 2.26. The third kappa shape index (κ3) is 5.67. The number of carbonyl (C=O) groups is 2. The first-order valence-electron chi connectivity index (χ1n) is 4.77. The van der Waals surface area contributed by atoms with E-state index in [1.165, 1.54) is 6.92 Å². The van der Waals surface area contributed by atoms with Gasteiger partial charge in [-0.05, 0) is 19.8 Å². The number of esters is 1. The second kappa shape index (κ2) is 6.81. The number of carbonyl (C=O) groups excluding carboxylic acids is 1. The highest BCUT2D eigenvalue weighted by Gasteiger charge is 2.08. The van der Waals surface area contributed by atoms with Gasteiger partial charge >= 0.3 is 11.9 Å². The first-order valence-corrected chi connectivity index (χ1v) is 4.77. The van der Waals surface area contributed by atoms with Crippen LogP contribution in [0, 0.1) is 0 Å². The molecule has 0 saturated heterocycles. The van der Waals surface area contributed by atoms with Gasteiger partial charge < -0.3 is 9.84 Å². The molecule has 1 N–H and O–H groups in total. The van der Waals surface area contributed by atoms with Crippen LogP contribution in [0.1, 0.15) is 33.1 Å². The SMILES string of the molecule is C=C(CCCC)C(=O)OC=C(C)C(=O)O. The van der Waals surface area contributed by atoms with Crippen LogP contribution in [0.25, 0.3) is 0 Å². The van der Waals surface area contributed by atoms with Crippen molar-refractivity contribution >= 4 is 11.9 Å². The molecular formula is C11H16O4. The first kappa shape index (κ1) is 13.4. The molecule has 0 radical (unpaired) electrons. The van der Waals surface area contributed by atoms with E-state index in [4.69, 9.17) is 5.11 Å². The van der Waals surface area contributed by atoms with E-state index >= 15 is 0 Å². The fourth-order valence-corrected chi connectivity index (χ4v) is 0.768. The first-order chi connectivity index (χ1) is 6.99. The summed E-state index contributed by atoms with van der Waals surface area (Å²) >= 11 is 0. The van der Waals surface area contributed by atoms with Crippen LogP contribution in [0.3, 0.4) is 0 Å². The molecule has 0 heterocycles. The van der Waals surface area contributed by atoms with Crippen LogP contribution in [0.5, 0.6) is 0 Å². The number of ether oxygens (including phenoxy) is 1. The summed E-state index contributed by atoms with van der Waals surface area (Å²) in [5, 5.41) is 8.49. The highest BCUT2D eigenvalue weighted by molar-refractivity contribution is 5.89. The topological polar surface area (TPSA) is 63.6 Å². The van der Waals surface area contributed by atoms with E-state index in [9.17, 15) is 9.59 Å². The lowest BCUT2D eigenvalue weighted by Gasteiger charge is -2.02. The number of carboxylic acids is 1. The molecule has 0 rings (SSSR count). The van der Waals surface area contributed by atoms with Gasteiger partial charge in [-0.1, -0.05) is 19.9 Å². The molecule has 0 aromatic carbocycles. The monoisotopic (exact) mass is 212 g/mol. The number of rotatable bonds is 6. The molecule has 4 heteroatoms. The fraction of sp³-hybridized carbons (Fsp3) is 0.455. The van der Waals surface area contributed by atoms with Crippen molar-refractivity contribution in [2.24, 2.45) is 0 Å². The summed E-state index contributed by atoms with van der Waals surface area (Å²) < 4.78 is 4.64. The Balaban J connectivity index is 4.09. The van der Waals surface area contributed by atoms with Crippen molar-refractivity contribution in [2.45, 2.75) is 33.1 Å². The Morgan fingerprint density at radius 2 is 2.07 bits per heavy atom. The van der Waals surface area contributed by atoms with Gasteiger partial charge in [-0.2, -0.15) is 0 Å². The Labute approximate surface area is 89.2 Å². The van der Waals surface area contributed by atoms with E-state index in [-0.39, 0.29) is 5.57 Å². The van der Waals surface area contributed by atoms with Gasteiger partial charge in [-0.25, -0.2) is 9.59 Å². The number of unbranched alkanes of at least 4 members (excludes halogenated alkanes) is 1. The van der Waals surface area contributed by atoms with Crippen molar-refractivity contribution in [1.29, 1.82) is 0 Å². The summed E-state index contributed by atoms with van der Waals surface area (Å²) in [7, 11) is 0. The van der Waals surface area contributed by atoms with Crippen LogP contribution in [0.4, 0.5) is 0 Å². The minimum Gasteiger partial charge on any atom is -0.478 e. The van der Waals surface area contributed by atoms with Crippen LogP contribution < -0.4 is 0 Å². The minimum absolute atomic E-state index is 0.0216. The van der Waals surface area contributed by atoms with E-state index in [2.05, 4.69) is 11.3 Å². The van der Waals surface area contributed by atoms with Gasteiger partial charge in [-0.15, -0.1) is 0 Å². The quantitative estimate of drug-likeness (QED) is 0.416. The molecule has 0 aromatic heterocycles. The van der Waals surface area contributed by atoms with Gasteiger partial charge in [0.05, 0.1) is 5.57 Å². The molecule has 0 saturated carbocycles. The van der Waals surface area contributed by atoms with Crippen LogP contribution >= 0.6 is 0 Å². The normalized spacial score (nSPS) is 10.9. The lowest BCUT2D eigenvalue weighted by Crippen LogP contribution is -2.05. The van der Waals surface area contributed by atoms with Crippen LogP contribution in [0.2, 0.25) is 0 Å². The Morgan fingerprint density at radius 3 is 2.53 bits per heavy atom. The molecule has 4 nitrogen and oxygen atoms in total. The molecule has 0 amide bonds. The minimum atomic E-state index is -1.11. The third-order valence-corrected chi connectivity index (χ3v) is 1.80. The van der Waals surface area contributed by atoms with Crippen LogP contribution in [-0.4, -0.2) is 17.0 Å². The Kier molecular flexibility index (Phi) is 6.09. The molecule has 0 aliphatic heterocycles. The standard InChI is InChI=1S/C11H16O4/c1-4-5-6-8(2)11(14)15-7-9(3)10(12)13/h7H,2,4-6H2,1,3H3,(H,12,13). The largest absolute Gasteiger partial charge is 0.478 e. The maximum atomic E-state index is 11.2. The summed E-state index contributed by atoms with van der Waals surface area (Å²) in [6.45, 7) is 6.92. The average Bonchev–Trinajstić information content (AvgIpc) is 2.21. The molecule has 0 aliphatic carbocycles. The smallest absolute Gasteiger partial charge is 0.338 e. The molecule has 0 aliphatic rings. The molecule has 15 heavy (non-hydrogen) atoms. The Bertz CT molecular complexity index is 289. The van der Waals surface area contributed by atoms with Crippen LogP contribution in [-0.2, 0) is 14.3 Å². The van der Waals surface area contributed by atoms with Crippen molar-refractivity contribution in [3.8, 4) is 0 Å². The Morgan fingerprint density at radius 1 is 1.47 bits per heavy atom. The van der Waals surface area contributed by atoms with Crippen molar-refractivity contribution in [3.05, 3.63) is 24.0 Å². The number of hydrogen-bond acceptors (Lipinski definition) is 3. The fourth-order valence-electron chi connectivity index (χ4n) is 0.768. The second-order valence-corrected chi connectivity index (χ2v) is 3.22. The molecule has 0 spiro atoms. The Hall–Kier alpha value is -1.58. The predicted molar refractivity (Wildman–Crippen MR) is 56.1 cm³/mol. The summed E-state index contributed by atoms with van der Waals surface area (Å²) in [4.78, 5) is 21.6. The molecule has 0 aromatic rings. The van der Waals surface area contributed by atoms with E-state index in [1.807, 2.05) is 6.92 Å². The van der Waals surface area contributed by atoms with Crippen molar-refractivity contribution in [3.63, 3.8) is 0 Å². The van der Waals surface area contributed by atoms with E-state index in [0.29, 0.717) is 12.0 Å². The van der Waals surface area contributed by atoms with Gasteiger partial charge in [-0.3, -0.25) is 0 Å². The zero-order valence-corrected chi connectivity index (χ0v) is 9.08. The van der Waals surface area contributed by atoms with Crippen LogP contribution in [0.15, 0.2) is 24.0 Å². The summed E-state index contributed by atoms with van der Waals surface area (Å²) in [5.74, 6) is -1.67. The summed E-state index contributed by atoms with van der Waals surface area (Å²) in [6.07, 6.45) is 3.35. The third-order valence-electron chi connectivity index (χ3n) is 1.80. The van der Waals surface area contributed by atoms with Crippen molar-refractivity contribution < 1.29 is 19.4 Å². The number of carboxylic acid groups (broad SMARTS) is 1. The molecule has 0 fully saturated rings.